The number of nitrogens with one attached hydrogen (secondary N) is 1. The standard InChI is InChI=1S/C42H70N4O9/c1-11-34-42(8,52)37(49)29(6)46(20-14-19-43-23-31-18-17-30-15-12-13-16-32(30)44-31)24-25(2)22-41(7,51)38(27(4)35(47)28(5)39(50)54-34)55-40-36(48)33(45(9)10)21-26(3)53-40/h12-13,15-18,25-29,33-38,40,43,47-49,51-52H,11,14,19-24H2,1-10H3/t25-,26-,27+,28-,29-,33+,34-,35+,36-,37-,38-,40+,41-,42-/m1/s1. The molecule has 0 aliphatic carbocycles. The molecule has 2 fully saturated rings. The van der Waals surface area contributed by atoms with E-state index in [0.717, 1.165) is 23.0 Å². The summed E-state index contributed by atoms with van der Waals surface area (Å²) in [5, 5.41) is 63.6. The second-order valence-corrected chi connectivity index (χ2v) is 17.2. The third kappa shape index (κ3) is 11.2. The van der Waals surface area contributed by atoms with E-state index in [1.807, 2.05) is 70.1 Å². The van der Waals surface area contributed by atoms with Crippen molar-refractivity contribution in [3.05, 3.63) is 42.1 Å². The first-order chi connectivity index (χ1) is 25.8. The summed E-state index contributed by atoms with van der Waals surface area (Å²) in [7, 11) is 3.76. The monoisotopic (exact) mass is 775 g/mol. The fraction of sp³-hybridized carbons (Fsp3) is 0.762. The number of nitrogens with zero attached hydrogens (tertiary/aromatic N) is 3. The van der Waals surface area contributed by atoms with E-state index >= 15 is 0 Å². The molecular formula is C42H70N4O9. The molecule has 13 heteroatoms. The Balaban J connectivity index is 1.59. The smallest absolute Gasteiger partial charge is 0.311 e. The van der Waals surface area contributed by atoms with Crippen LogP contribution in [0.15, 0.2) is 36.4 Å². The molecule has 0 radical (unpaired) electrons. The molecule has 6 N–H and O–H groups in total. The topological polar surface area (TPSA) is 177 Å². The van der Waals surface area contributed by atoms with Gasteiger partial charge in [0.15, 0.2) is 6.29 Å². The van der Waals surface area contributed by atoms with Gasteiger partial charge in [-0.25, -0.2) is 0 Å². The molecule has 0 amide bonds. The van der Waals surface area contributed by atoms with E-state index in [9.17, 15) is 30.3 Å². The van der Waals surface area contributed by atoms with Gasteiger partial charge >= 0.3 is 5.97 Å². The first-order valence-electron chi connectivity index (χ1n) is 20.2. The van der Waals surface area contributed by atoms with Crippen LogP contribution in [0.3, 0.4) is 0 Å². The zero-order chi connectivity index (χ0) is 40.8. The lowest BCUT2D eigenvalue weighted by Gasteiger charge is -2.46. The van der Waals surface area contributed by atoms with Gasteiger partial charge in [-0.15, -0.1) is 0 Å². The Morgan fingerprint density at radius 3 is 2.38 bits per heavy atom. The zero-order valence-electron chi connectivity index (χ0n) is 34.8. The van der Waals surface area contributed by atoms with Crippen LogP contribution in [-0.4, -0.2) is 146 Å². The quantitative estimate of drug-likeness (QED) is 0.154. The van der Waals surface area contributed by atoms with Crippen LogP contribution in [0.5, 0.6) is 0 Å². The van der Waals surface area contributed by atoms with E-state index in [2.05, 4.69) is 16.3 Å². The number of esters is 1. The van der Waals surface area contributed by atoms with E-state index in [1.165, 1.54) is 6.92 Å². The third-order valence-corrected chi connectivity index (χ3v) is 12.1. The number of cyclic esters (lactones) is 1. The number of para-hydroxylation sites is 1. The van der Waals surface area contributed by atoms with E-state index in [0.29, 0.717) is 32.6 Å². The summed E-state index contributed by atoms with van der Waals surface area (Å²) < 4.78 is 18.5. The molecule has 2 aliphatic heterocycles. The van der Waals surface area contributed by atoms with Crippen molar-refractivity contribution in [2.24, 2.45) is 17.8 Å². The van der Waals surface area contributed by atoms with Gasteiger partial charge in [0, 0.05) is 36.5 Å². The minimum Gasteiger partial charge on any atom is -0.459 e. The largest absolute Gasteiger partial charge is 0.459 e. The normalized spacial score (nSPS) is 39.1. The van der Waals surface area contributed by atoms with Gasteiger partial charge in [0.25, 0.3) is 0 Å². The number of pyridine rings is 1. The molecule has 3 heterocycles. The summed E-state index contributed by atoms with van der Waals surface area (Å²) in [4.78, 5) is 22.4. The summed E-state index contributed by atoms with van der Waals surface area (Å²) in [6.07, 6.45) is -5.35. The molecule has 312 valence electrons. The number of rotatable bonds is 10. The van der Waals surface area contributed by atoms with Gasteiger partial charge < -0.3 is 50.0 Å². The molecule has 4 rings (SSSR count). The van der Waals surface area contributed by atoms with Crippen molar-refractivity contribution in [1.82, 2.24) is 20.1 Å². The van der Waals surface area contributed by atoms with Crippen molar-refractivity contribution < 1.29 is 44.5 Å². The molecule has 1 aromatic carbocycles. The van der Waals surface area contributed by atoms with Crippen LogP contribution in [0, 0.1) is 17.8 Å². The Hall–Kier alpha value is -2.30. The van der Waals surface area contributed by atoms with Crippen molar-refractivity contribution in [3.63, 3.8) is 0 Å². The molecule has 14 atom stereocenters. The van der Waals surface area contributed by atoms with Crippen LogP contribution in [0.2, 0.25) is 0 Å². The predicted molar refractivity (Wildman–Crippen MR) is 212 cm³/mol. The molecule has 1 aromatic heterocycles. The van der Waals surface area contributed by atoms with Crippen molar-refractivity contribution >= 4 is 16.9 Å². The highest BCUT2D eigenvalue weighted by atomic mass is 16.7. The first kappa shape index (κ1) is 45.4. The second kappa shape index (κ2) is 19.4. The van der Waals surface area contributed by atoms with Crippen LogP contribution in [0.1, 0.15) is 86.8 Å². The summed E-state index contributed by atoms with van der Waals surface area (Å²) in [6.45, 7) is 16.2. The molecule has 13 nitrogen and oxygen atoms in total. The maximum absolute atomic E-state index is 13.6. The number of aliphatic hydroxyl groups excluding tert-OH is 3. The average Bonchev–Trinajstić information content (AvgIpc) is 3.13. The first-order valence-corrected chi connectivity index (χ1v) is 20.2. The van der Waals surface area contributed by atoms with E-state index in [1.54, 1.807) is 27.7 Å². The summed E-state index contributed by atoms with van der Waals surface area (Å²) in [6, 6.07) is 11.3. The van der Waals surface area contributed by atoms with Crippen molar-refractivity contribution in [2.75, 3.05) is 33.7 Å². The minimum atomic E-state index is -1.81. The number of fused-ring (bicyclic) bond motifs is 1. The van der Waals surface area contributed by atoms with Crippen LogP contribution >= 0.6 is 0 Å². The molecule has 0 spiro atoms. The Morgan fingerprint density at radius 2 is 1.71 bits per heavy atom. The number of carbonyl (C=O) groups excluding carboxylic acids is 1. The molecule has 2 saturated heterocycles. The maximum atomic E-state index is 13.6. The second-order valence-electron chi connectivity index (χ2n) is 17.2. The molecule has 2 aromatic rings. The molecule has 0 bridgehead atoms. The van der Waals surface area contributed by atoms with E-state index in [-0.39, 0.29) is 30.9 Å². The zero-order valence-corrected chi connectivity index (χ0v) is 34.8. The van der Waals surface area contributed by atoms with E-state index in [4.69, 9.17) is 19.2 Å². The average molecular weight is 775 g/mol. The van der Waals surface area contributed by atoms with Gasteiger partial charge in [0.1, 0.15) is 23.9 Å². The SMILES string of the molecule is CC[C@H]1OC(=O)[C@H](C)[C@@H](O)[C@H](C)[C@@H](O[C@@H]2O[C@H](C)C[C@H](N(C)C)[C@H]2O)[C@](C)(O)C[C@@H](C)CN(CCCNCc2ccc3ccccc3n2)[C@H](C)[C@@H](O)[C@]1(C)O. The number of aliphatic hydroxyl groups is 5. The number of carbonyl (C=O) groups is 1. The molecular weight excluding hydrogens is 704 g/mol. The molecule has 2 aliphatic rings. The molecule has 55 heavy (non-hydrogen) atoms. The number of benzene rings is 1. The highest BCUT2D eigenvalue weighted by molar-refractivity contribution is 5.78. The van der Waals surface area contributed by atoms with Gasteiger partial charge in [-0.05, 0) is 106 Å². The summed E-state index contributed by atoms with van der Waals surface area (Å²) in [5.41, 5.74) is -1.49. The van der Waals surface area contributed by atoms with Crippen LogP contribution < -0.4 is 5.32 Å². The van der Waals surface area contributed by atoms with Gasteiger partial charge in [-0.3, -0.25) is 14.7 Å². The lowest BCUT2D eigenvalue weighted by atomic mass is 9.78. The lowest BCUT2D eigenvalue weighted by Crippen LogP contribution is -2.59. The minimum absolute atomic E-state index is 0.159. The van der Waals surface area contributed by atoms with E-state index < -0.39 is 71.9 Å². The third-order valence-electron chi connectivity index (χ3n) is 12.1. The van der Waals surface area contributed by atoms with Crippen LogP contribution in [0.4, 0.5) is 0 Å². The molecule has 0 unspecified atom stereocenters. The predicted octanol–water partition coefficient (Wildman–Crippen LogP) is 3.07. The Labute approximate surface area is 328 Å². The molecule has 0 saturated carbocycles. The number of likely N-dealkylation sites (N-methyl/N-ethyl adjacent to an activating group) is 1. The Morgan fingerprint density at radius 1 is 1.02 bits per heavy atom. The summed E-state index contributed by atoms with van der Waals surface area (Å²) >= 11 is 0. The fourth-order valence-corrected chi connectivity index (χ4v) is 8.73. The number of hydrogen-bond donors (Lipinski definition) is 6. The van der Waals surface area contributed by atoms with Crippen LogP contribution in [0.25, 0.3) is 10.9 Å². The summed E-state index contributed by atoms with van der Waals surface area (Å²) in [5.74, 6) is -2.79. The number of hydrogen-bond acceptors (Lipinski definition) is 13. The highest BCUT2D eigenvalue weighted by Crippen LogP contribution is 2.37. The fourth-order valence-electron chi connectivity index (χ4n) is 8.73. The number of aromatic nitrogens is 1. The highest BCUT2D eigenvalue weighted by Gasteiger charge is 2.50. The Bertz CT molecular complexity index is 1510. The lowest BCUT2D eigenvalue weighted by molar-refractivity contribution is -0.299. The van der Waals surface area contributed by atoms with Gasteiger partial charge in [0.2, 0.25) is 0 Å². The van der Waals surface area contributed by atoms with Crippen LogP contribution in [-0.2, 0) is 25.5 Å². The number of ether oxygens (including phenoxy) is 3. The van der Waals surface area contributed by atoms with Gasteiger partial charge in [0.05, 0.1) is 41.0 Å². The van der Waals surface area contributed by atoms with Gasteiger partial charge in [-0.1, -0.05) is 45.0 Å². The maximum Gasteiger partial charge on any atom is 0.311 e. The Kier molecular flexibility index (Phi) is 16.0. The van der Waals surface area contributed by atoms with Gasteiger partial charge in [-0.2, -0.15) is 0 Å². The van der Waals surface area contributed by atoms with Crippen molar-refractivity contribution in [2.45, 2.75) is 154 Å². The van der Waals surface area contributed by atoms with Crippen molar-refractivity contribution in [3.8, 4) is 0 Å². The van der Waals surface area contributed by atoms with Crippen molar-refractivity contribution in [1.29, 1.82) is 0 Å².